The summed E-state index contributed by atoms with van der Waals surface area (Å²) in [5, 5.41) is 20.0. The maximum atomic E-state index is 11.1. The number of hydrogen-bond acceptors (Lipinski definition) is 5. The van der Waals surface area contributed by atoms with Crippen molar-refractivity contribution >= 4 is 40.5 Å². The fraction of sp³-hybridized carbons (Fsp3) is 0. The molecule has 0 amide bonds. The van der Waals surface area contributed by atoms with Crippen molar-refractivity contribution in [3.63, 3.8) is 0 Å². The van der Waals surface area contributed by atoms with E-state index in [9.17, 15) is 10.1 Å². The Bertz CT molecular complexity index is 754. The molecule has 0 saturated heterocycles. The lowest BCUT2D eigenvalue weighted by molar-refractivity contribution is -0.385. The van der Waals surface area contributed by atoms with E-state index in [2.05, 4.69) is 4.98 Å². The number of nitro groups is 1. The van der Waals surface area contributed by atoms with Crippen molar-refractivity contribution in [2.75, 3.05) is 0 Å². The van der Waals surface area contributed by atoms with Crippen LogP contribution in [0.5, 0.6) is 11.5 Å². The predicted molar refractivity (Wildman–Crippen MR) is 77.2 cm³/mol. The van der Waals surface area contributed by atoms with Crippen molar-refractivity contribution in [3.05, 3.63) is 55.3 Å². The summed E-state index contributed by atoms with van der Waals surface area (Å²) in [7, 11) is 0. The van der Waals surface area contributed by atoms with Crippen molar-refractivity contribution in [2.45, 2.75) is 0 Å². The van der Waals surface area contributed by atoms with E-state index in [0.717, 1.165) is 6.20 Å². The molecule has 2 aromatic rings. The average Bonchev–Trinajstić information content (AvgIpc) is 2.42. The minimum atomic E-state index is -0.795. The highest BCUT2D eigenvalue weighted by atomic mass is 35.5. The molecule has 106 valence electrons. The zero-order valence-electron chi connectivity index (χ0n) is 10.0. The Morgan fingerprint density at radius 1 is 1.24 bits per heavy atom. The summed E-state index contributed by atoms with van der Waals surface area (Å²) in [6.45, 7) is 0. The minimum absolute atomic E-state index is 0.0114. The molecule has 0 saturated carbocycles. The summed E-state index contributed by atoms with van der Waals surface area (Å²) < 4.78 is 5.38. The molecule has 0 spiro atoms. The normalized spacial score (nSPS) is 10.0. The van der Waals surface area contributed by atoms with Crippen molar-refractivity contribution in [1.29, 1.82) is 5.26 Å². The number of pyridine rings is 1. The molecular formula is C12H4Cl3N3O3. The lowest BCUT2D eigenvalue weighted by Crippen LogP contribution is -1.99. The first-order chi connectivity index (χ1) is 9.95. The lowest BCUT2D eigenvalue weighted by Gasteiger charge is -2.11. The first-order valence-electron chi connectivity index (χ1n) is 5.30. The van der Waals surface area contributed by atoms with Crippen molar-refractivity contribution in [2.24, 2.45) is 0 Å². The maximum Gasteiger partial charge on any atom is 0.349 e. The number of nitrogens with zero attached hydrogens (tertiary/aromatic N) is 3. The lowest BCUT2D eigenvalue weighted by atomic mass is 10.2. The van der Waals surface area contributed by atoms with Crippen LogP contribution in [0.4, 0.5) is 5.69 Å². The van der Waals surface area contributed by atoms with Crippen LogP contribution in [-0.4, -0.2) is 9.91 Å². The Morgan fingerprint density at radius 2 is 1.86 bits per heavy atom. The second-order valence-electron chi connectivity index (χ2n) is 3.66. The number of hydrogen-bond donors (Lipinski definition) is 0. The van der Waals surface area contributed by atoms with Gasteiger partial charge in [0.15, 0.2) is 5.75 Å². The van der Waals surface area contributed by atoms with E-state index in [1.807, 2.05) is 0 Å². The summed E-state index contributed by atoms with van der Waals surface area (Å²) in [5.41, 5.74) is -0.797. The first kappa shape index (κ1) is 15.3. The van der Waals surface area contributed by atoms with E-state index >= 15 is 0 Å². The minimum Gasteiger partial charge on any atom is -0.445 e. The SMILES string of the molecule is N#Cc1cnc(Cl)c([N+](=O)[O-])c1Oc1c(Cl)cccc1Cl. The van der Waals surface area contributed by atoms with Gasteiger partial charge in [0.25, 0.3) is 0 Å². The average molecular weight is 345 g/mol. The number of aromatic nitrogens is 1. The predicted octanol–water partition coefficient (Wildman–Crippen LogP) is 4.61. The monoisotopic (exact) mass is 343 g/mol. The topological polar surface area (TPSA) is 89.0 Å². The van der Waals surface area contributed by atoms with Gasteiger partial charge in [0, 0.05) is 0 Å². The maximum absolute atomic E-state index is 11.1. The largest absolute Gasteiger partial charge is 0.445 e. The summed E-state index contributed by atoms with van der Waals surface area (Å²) in [6, 6.07) is 6.30. The molecule has 1 aromatic carbocycles. The van der Waals surface area contributed by atoms with Gasteiger partial charge in [-0.05, 0) is 12.1 Å². The van der Waals surface area contributed by atoms with Gasteiger partial charge in [0.2, 0.25) is 10.9 Å². The van der Waals surface area contributed by atoms with Gasteiger partial charge in [0.1, 0.15) is 11.6 Å². The number of halogens is 3. The molecule has 1 aromatic heterocycles. The third-order valence-electron chi connectivity index (χ3n) is 2.39. The van der Waals surface area contributed by atoms with E-state index < -0.39 is 15.8 Å². The molecular weight excluding hydrogens is 341 g/mol. The molecule has 0 bridgehead atoms. The third-order valence-corrected chi connectivity index (χ3v) is 3.26. The van der Waals surface area contributed by atoms with Crippen LogP contribution in [-0.2, 0) is 0 Å². The highest BCUT2D eigenvalue weighted by Crippen LogP contribution is 2.42. The van der Waals surface area contributed by atoms with Crippen LogP contribution in [0.15, 0.2) is 24.4 Å². The van der Waals surface area contributed by atoms with Crippen molar-refractivity contribution in [3.8, 4) is 17.6 Å². The molecule has 0 fully saturated rings. The zero-order valence-corrected chi connectivity index (χ0v) is 12.3. The number of nitriles is 1. The Kier molecular flexibility index (Phi) is 4.48. The molecule has 2 rings (SSSR count). The van der Waals surface area contributed by atoms with E-state index in [-0.39, 0.29) is 27.1 Å². The molecule has 0 unspecified atom stereocenters. The molecule has 0 radical (unpaired) electrons. The standard InChI is InChI=1S/C12H4Cl3N3O3/c13-7-2-1-3-8(14)11(7)21-10-6(4-16)5-17-12(15)9(10)18(19)20/h1-3,5H. The fourth-order valence-electron chi connectivity index (χ4n) is 1.49. The van der Waals surface area contributed by atoms with Gasteiger partial charge in [-0.1, -0.05) is 40.9 Å². The number of ether oxygens (including phenoxy) is 1. The Morgan fingerprint density at radius 3 is 2.38 bits per heavy atom. The molecule has 1 heterocycles. The van der Waals surface area contributed by atoms with Gasteiger partial charge >= 0.3 is 5.69 Å². The highest BCUT2D eigenvalue weighted by molar-refractivity contribution is 6.37. The van der Waals surface area contributed by atoms with Gasteiger partial charge in [0.05, 0.1) is 21.2 Å². The summed E-state index contributed by atoms with van der Waals surface area (Å²) >= 11 is 17.6. The molecule has 9 heteroatoms. The quantitative estimate of drug-likeness (QED) is 0.460. The number of benzene rings is 1. The zero-order chi connectivity index (χ0) is 15.6. The van der Waals surface area contributed by atoms with E-state index in [1.54, 1.807) is 12.1 Å². The number of para-hydroxylation sites is 1. The van der Waals surface area contributed by atoms with Gasteiger partial charge < -0.3 is 4.74 Å². The van der Waals surface area contributed by atoms with Crippen LogP contribution in [0.1, 0.15) is 5.56 Å². The third kappa shape index (κ3) is 3.00. The van der Waals surface area contributed by atoms with E-state index in [4.69, 9.17) is 44.8 Å². The van der Waals surface area contributed by atoms with Gasteiger partial charge in [-0.3, -0.25) is 10.1 Å². The van der Waals surface area contributed by atoms with Crippen LogP contribution in [0.2, 0.25) is 15.2 Å². The fourth-order valence-corrected chi connectivity index (χ4v) is 2.16. The van der Waals surface area contributed by atoms with E-state index in [0.29, 0.717) is 0 Å². The second-order valence-corrected chi connectivity index (χ2v) is 4.83. The smallest absolute Gasteiger partial charge is 0.349 e. The summed E-state index contributed by atoms with van der Waals surface area (Å²) in [6.07, 6.45) is 1.06. The summed E-state index contributed by atoms with van der Waals surface area (Å²) in [5.74, 6) is -0.375. The van der Waals surface area contributed by atoms with Crippen LogP contribution >= 0.6 is 34.8 Å². The Balaban J connectivity index is 2.66. The Hall–Kier alpha value is -2.07. The van der Waals surface area contributed by atoms with Crippen molar-refractivity contribution in [1.82, 2.24) is 4.98 Å². The van der Waals surface area contributed by atoms with Gasteiger partial charge in [-0.25, -0.2) is 4.98 Å². The molecule has 0 aliphatic carbocycles. The first-order valence-corrected chi connectivity index (χ1v) is 6.44. The van der Waals surface area contributed by atoms with Gasteiger partial charge in [-0.15, -0.1) is 0 Å². The number of rotatable bonds is 3. The van der Waals surface area contributed by atoms with Crippen LogP contribution < -0.4 is 4.74 Å². The van der Waals surface area contributed by atoms with Crippen LogP contribution in [0.3, 0.4) is 0 Å². The van der Waals surface area contributed by atoms with Crippen molar-refractivity contribution < 1.29 is 9.66 Å². The second kappa shape index (κ2) is 6.14. The Labute approximate surface area is 133 Å². The van der Waals surface area contributed by atoms with E-state index in [1.165, 1.54) is 12.1 Å². The summed E-state index contributed by atoms with van der Waals surface area (Å²) in [4.78, 5) is 13.9. The molecule has 21 heavy (non-hydrogen) atoms. The van der Waals surface area contributed by atoms with Crippen LogP contribution in [0, 0.1) is 21.4 Å². The molecule has 6 nitrogen and oxygen atoms in total. The highest BCUT2D eigenvalue weighted by Gasteiger charge is 2.27. The molecule has 0 N–H and O–H groups in total. The molecule has 0 atom stereocenters. The van der Waals surface area contributed by atoms with Crippen LogP contribution in [0.25, 0.3) is 0 Å². The molecule has 0 aliphatic heterocycles. The molecule has 0 aliphatic rings. The van der Waals surface area contributed by atoms with Gasteiger partial charge in [-0.2, -0.15) is 5.26 Å².